The number of ether oxygens (including phenoxy) is 1. The first-order chi connectivity index (χ1) is 12.7. The molecule has 0 aliphatic rings. The molecular formula is C22H18ClNO2. The van der Waals surface area contributed by atoms with Gasteiger partial charge in [-0.25, -0.2) is 0 Å². The van der Waals surface area contributed by atoms with Crippen molar-refractivity contribution in [2.45, 2.75) is 6.61 Å². The monoisotopic (exact) mass is 363 g/mol. The summed E-state index contributed by atoms with van der Waals surface area (Å²) in [4.78, 5) is 12.2. The number of hydrogen-bond acceptors (Lipinski definition) is 2. The minimum Gasteiger partial charge on any atom is -0.487 e. The van der Waals surface area contributed by atoms with E-state index in [-0.39, 0.29) is 5.91 Å². The Hall–Kier alpha value is -3.04. The van der Waals surface area contributed by atoms with Gasteiger partial charge in [0, 0.05) is 11.1 Å². The van der Waals surface area contributed by atoms with Crippen LogP contribution in [0.4, 0.5) is 5.69 Å². The van der Waals surface area contributed by atoms with E-state index < -0.39 is 0 Å². The van der Waals surface area contributed by atoms with Gasteiger partial charge in [-0.1, -0.05) is 66.2 Å². The van der Waals surface area contributed by atoms with Crippen LogP contribution in [0.1, 0.15) is 11.1 Å². The molecule has 0 bridgehead atoms. The number of nitrogens with one attached hydrogen (secondary N) is 1. The van der Waals surface area contributed by atoms with Gasteiger partial charge in [-0.3, -0.25) is 4.79 Å². The zero-order valence-electron chi connectivity index (χ0n) is 14.1. The highest BCUT2D eigenvalue weighted by atomic mass is 35.5. The van der Waals surface area contributed by atoms with Crippen LogP contribution in [0.25, 0.3) is 6.08 Å². The Morgan fingerprint density at radius 2 is 1.62 bits per heavy atom. The van der Waals surface area contributed by atoms with E-state index in [2.05, 4.69) is 5.32 Å². The fourth-order valence-electron chi connectivity index (χ4n) is 2.35. The van der Waals surface area contributed by atoms with Gasteiger partial charge < -0.3 is 10.1 Å². The largest absolute Gasteiger partial charge is 0.487 e. The minimum atomic E-state index is -0.226. The van der Waals surface area contributed by atoms with Gasteiger partial charge in [0.15, 0.2) is 0 Å². The lowest BCUT2D eigenvalue weighted by Crippen LogP contribution is -2.09. The maximum Gasteiger partial charge on any atom is 0.248 e. The molecule has 0 saturated carbocycles. The van der Waals surface area contributed by atoms with Crippen LogP contribution in [-0.4, -0.2) is 5.91 Å². The zero-order chi connectivity index (χ0) is 18.2. The van der Waals surface area contributed by atoms with E-state index in [1.807, 2.05) is 66.7 Å². The summed E-state index contributed by atoms with van der Waals surface area (Å²) < 4.78 is 5.85. The molecule has 130 valence electrons. The molecule has 3 rings (SSSR count). The summed E-state index contributed by atoms with van der Waals surface area (Å²) in [6, 6.07) is 24.5. The van der Waals surface area contributed by atoms with Crippen LogP contribution in [-0.2, 0) is 11.4 Å². The van der Waals surface area contributed by atoms with Crippen molar-refractivity contribution in [3.8, 4) is 5.75 Å². The van der Waals surface area contributed by atoms with Gasteiger partial charge in [0.05, 0.1) is 5.69 Å². The van der Waals surface area contributed by atoms with Gasteiger partial charge in [0.2, 0.25) is 5.91 Å². The summed E-state index contributed by atoms with van der Waals surface area (Å²) in [6.07, 6.45) is 3.22. The molecule has 1 amide bonds. The minimum absolute atomic E-state index is 0.226. The average Bonchev–Trinajstić information content (AvgIpc) is 2.68. The standard InChI is InChI=1S/C22H18ClNO2/c23-19-13-10-17(11-14-19)12-15-22(25)24-20-8-4-5-9-21(20)26-16-18-6-2-1-3-7-18/h1-15H,16H2,(H,24,25)/b15-12+. The first kappa shape index (κ1) is 17.8. The summed E-state index contributed by atoms with van der Waals surface area (Å²) in [5.41, 5.74) is 2.60. The highest BCUT2D eigenvalue weighted by Crippen LogP contribution is 2.24. The predicted molar refractivity (Wildman–Crippen MR) is 106 cm³/mol. The van der Waals surface area contributed by atoms with Crippen LogP contribution in [0.2, 0.25) is 5.02 Å². The van der Waals surface area contributed by atoms with Crippen LogP contribution >= 0.6 is 11.6 Å². The fraction of sp³-hybridized carbons (Fsp3) is 0.0455. The topological polar surface area (TPSA) is 38.3 Å². The fourth-order valence-corrected chi connectivity index (χ4v) is 2.48. The molecule has 26 heavy (non-hydrogen) atoms. The summed E-state index contributed by atoms with van der Waals surface area (Å²) in [5.74, 6) is 0.403. The molecule has 0 heterocycles. The van der Waals surface area contributed by atoms with E-state index in [1.165, 1.54) is 6.08 Å². The average molecular weight is 364 g/mol. The van der Waals surface area contributed by atoms with Gasteiger partial charge in [0.1, 0.15) is 12.4 Å². The first-order valence-electron chi connectivity index (χ1n) is 8.21. The Kier molecular flexibility index (Phi) is 6.07. The first-order valence-corrected chi connectivity index (χ1v) is 8.59. The van der Waals surface area contributed by atoms with Gasteiger partial charge in [-0.15, -0.1) is 0 Å². The molecule has 0 spiro atoms. The van der Waals surface area contributed by atoms with Crippen molar-refractivity contribution in [1.82, 2.24) is 0 Å². The van der Waals surface area contributed by atoms with E-state index in [9.17, 15) is 4.79 Å². The van der Waals surface area contributed by atoms with E-state index >= 15 is 0 Å². The number of carbonyl (C=O) groups is 1. The van der Waals surface area contributed by atoms with E-state index in [0.717, 1.165) is 11.1 Å². The van der Waals surface area contributed by atoms with Crippen LogP contribution in [0.15, 0.2) is 84.9 Å². The van der Waals surface area contributed by atoms with Crippen LogP contribution in [0.5, 0.6) is 5.75 Å². The molecule has 1 N–H and O–H groups in total. The van der Waals surface area contributed by atoms with Gasteiger partial charge in [-0.05, 0) is 41.5 Å². The van der Waals surface area contributed by atoms with E-state index in [4.69, 9.17) is 16.3 Å². The smallest absolute Gasteiger partial charge is 0.248 e. The third kappa shape index (κ3) is 5.23. The molecule has 0 radical (unpaired) electrons. The number of anilines is 1. The maximum atomic E-state index is 12.2. The number of benzene rings is 3. The molecule has 0 aliphatic heterocycles. The van der Waals surface area contributed by atoms with Gasteiger partial charge >= 0.3 is 0 Å². The number of halogens is 1. The second kappa shape index (κ2) is 8.88. The molecular weight excluding hydrogens is 346 g/mol. The van der Waals surface area contributed by atoms with E-state index in [1.54, 1.807) is 18.2 Å². The van der Waals surface area contributed by atoms with Crippen LogP contribution < -0.4 is 10.1 Å². The predicted octanol–water partition coefficient (Wildman–Crippen LogP) is 5.57. The Morgan fingerprint density at radius 1 is 0.923 bits per heavy atom. The van der Waals surface area contributed by atoms with E-state index in [0.29, 0.717) is 23.1 Å². The lowest BCUT2D eigenvalue weighted by atomic mass is 10.2. The van der Waals surface area contributed by atoms with Gasteiger partial charge in [0.25, 0.3) is 0 Å². The van der Waals surface area contributed by atoms with Crippen LogP contribution in [0, 0.1) is 0 Å². The molecule has 0 fully saturated rings. The molecule has 3 nitrogen and oxygen atoms in total. The van der Waals surface area contributed by atoms with Crippen molar-refractivity contribution in [3.05, 3.63) is 101 Å². The lowest BCUT2D eigenvalue weighted by Gasteiger charge is -2.11. The summed E-state index contributed by atoms with van der Waals surface area (Å²) in [7, 11) is 0. The lowest BCUT2D eigenvalue weighted by molar-refractivity contribution is -0.111. The number of carbonyl (C=O) groups excluding carboxylic acids is 1. The molecule has 4 heteroatoms. The van der Waals surface area contributed by atoms with Crippen molar-refractivity contribution in [2.24, 2.45) is 0 Å². The Bertz CT molecular complexity index is 890. The second-order valence-electron chi connectivity index (χ2n) is 5.64. The SMILES string of the molecule is O=C(/C=C/c1ccc(Cl)cc1)Nc1ccccc1OCc1ccccc1. The van der Waals surface area contributed by atoms with Crippen molar-refractivity contribution in [3.63, 3.8) is 0 Å². The highest BCUT2D eigenvalue weighted by molar-refractivity contribution is 6.30. The van der Waals surface area contributed by atoms with Crippen LogP contribution in [0.3, 0.4) is 0 Å². The Labute approximate surface area is 157 Å². The summed E-state index contributed by atoms with van der Waals surface area (Å²) in [5, 5.41) is 3.51. The third-order valence-electron chi connectivity index (χ3n) is 3.68. The zero-order valence-corrected chi connectivity index (χ0v) is 14.8. The number of hydrogen-bond donors (Lipinski definition) is 1. The summed E-state index contributed by atoms with van der Waals surface area (Å²) >= 11 is 5.86. The third-order valence-corrected chi connectivity index (χ3v) is 3.93. The van der Waals surface area contributed by atoms with Crippen molar-refractivity contribution < 1.29 is 9.53 Å². The second-order valence-corrected chi connectivity index (χ2v) is 6.08. The molecule has 3 aromatic carbocycles. The van der Waals surface area contributed by atoms with Gasteiger partial charge in [-0.2, -0.15) is 0 Å². The Morgan fingerprint density at radius 3 is 2.38 bits per heavy atom. The number of rotatable bonds is 6. The molecule has 0 saturated heterocycles. The van der Waals surface area contributed by atoms with Crippen molar-refractivity contribution in [2.75, 3.05) is 5.32 Å². The Balaban J connectivity index is 1.63. The molecule has 0 aliphatic carbocycles. The molecule has 3 aromatic rings. The normalized spacial score (nSPS) is 10.7. The quantitative estimate of drug-likeness (QED) is 0.581. The molecule has 0 atom stereocenters. The number of amides is 1. The highest BCUT2D eigenvalue weighted by Gasteiger charge is 2.06. The summed E-state index contributed by atoms with van der Waals surface area (Å²) in [6.45, 7) is 0.439. The molecule has 0 aromatic heterocycles. The number of para-hydroxylation sites is 2. The van der Waals surface area contributed by atoms with Crippen molar-refractivity contribution in [1.29, 1.82) is 0 Å². The maximum absolute atomic E-state index is 12.2. The molecule has 0 unspecified atom stereocenters. The van der Waals surface area contributed by atoms with Crippen molar-refractivity contribution >= 4 is 29.3 Å².